The Labute approximate surface area is 197 Å². The molecular formula is C23H27N3O5S2. The number of amides is 1. The molecule has 1 aliphatic rings. The van der Waals surface area contributed by atoms with Crippen LogP contribution < -0.4 is 9.46 Å². The predicted octanol–water partition coefficient (Wildman–Crippen LogP) is 4.52. The number of carbonyl (C=O) groups excluding carboxylic acids is 1. The van der Waals surface area contributed by atoms with Gasteiger partial charge in [-0.1, -0.05) is 43.2 Å². The van der Waals surface area contributed by atoms with Crippen molar-refractivity contribution in [2.75, 3.05) is 24.6 Å². The molecule has 176 valence electrons. The number of ether oxygens (including phenoxy) is 1. The number of anilines is 1. The molecule has 1 heterocycles. The van der Waals surface area contributed by atoms with Crippen LogP contribution in [0.5, 0.6) is 5.75 Å². The standard InChI is InChI=1S/C23H27N3O5S2/c1-26(16-8-4-3-5-9-16)22(27)15-32-23-24-19-14-17(12-13-21(19)31-23)33(28,29)25-18-10-6-7-11-20(18)30-2/h6-7,10-14,16,25H,3-5,8-9,15H2,1-2H3. The van der Waals surface area contributed by atoms with Crippen LogP contribution in [0.2, 0.25) is 0 Å². The van der Waals surface area contributed by atoms with Crippen molar-refractivity contribution in [3.8, 4) is 5.75 Å². The van der Waals surface area contributed by atoms with Crippen molar-refractivity contribution in [2.45, 2.75) is 48.3 Å². The highest BCUT2D eigenvalue weighted by atomic mass is 32.2. The Bertz CT molecular complexity index is 1240. The Morgan fingerprint density at radius 1 is 1.21 bits per heavy atom. The van der Waals surface area contributed by atoms with Gasteiger partial charge < -0.3 is 14.1 Å². The molecule has 0 radical (unpaired) electrons. The third-order valence-corrected chi connectivity index (χ3v) is 8.01. The molecule has 0 aliphatic heterocycles. The molecule has 1 amide bonds. The fourth-order valence-electron chi connectivity index (χ4n) is 3.94. The molecule has 10 heteroatoms. The minimum atomic E-state index is -3.86. The lowest BCUT2D eigenvalue weighted by molar-refractivity contribution is -0.129. The fourth-order valence-corrected chi connectivity index (χ4v) is 5.80. The maximum atomic E-state index is 12.9. The molecule has 8 nitrogen and oxygen atoms in total. The summed E-state index contributed by atoms with van der Waals surface area (Å²) in [5, 5.41) is 0.336. The van der Waals surface area contributed by atoms with Crippen LogP contribution in [0.3, 0.4) is 0 Å². The predicted molar refractivity (Wildman–Crippen MR) is 128 cm³/mol. The zero-order valence-electron chi connectivity index (χ0n) is 18.6. The van der Waals surface area contributed by atoms with Crippen LogP contribution in [0.4, 0.5) is 5.69 Å². The summed E-state index contributed by atoms with van der Waals surface area (Å²) in [5.41, 5.74) is 1.22. The number of nitrogens with zero attached hydrogens (tertiary/aromatic N) is 2. The molecule has 1 saturated carbocycles. The van der Waals surface area contributed by atoms with Gasteiger partial charge in [0.25, 0.3) is 15.2 Å². The number of nitrogens with one attached hydrogen (secondary N) is 1. The van der Waals surface area contributed by atoms with Crippen molar-refractivity contribution < 1.29 is 22.4 Å². The number of hydrogen-bond acceptors (Lipinski definition) is 7. The van der Waals surface area contributed by atoms with E-state index in [4.69, 9.17) is 9.15 Å². The number of aromatic nitrogens is 1. The molecular weight excluding hydrogens is 462 g/mol. The van der Waals surface area contributed by atoms with Gasteiger partial charge in [0.1, 0.15) is 11.3 Å². The highest BCUT2D eigenvalue weighted by Gasteiger charge is 2.23. The molecule has 0 saturated heterocycles. The summed E-state index contributed by atoms with van der Waals surface area (Å²) in [6, 6.07) is 11.6. The number of methoxy groups -OCH3 is 1. The van der Waals surface area contributed by atoms with Crippen molar-refractivity contribution in [2.24, 2.45) is 0 Å². The summed E-state index contributed by atoms with van der Waals surface area (Å²) in [5.74, 6) is 0.684. The summed E-state index contributed by atoms with van der Waals surface area (Å²) in [6.07, 6.45) is 5.67. The molecule has 1 aliphatic carbocycles. The van der Waals surface area contributed by atoms with E-state index >= 15 is 0 Å². The number of fused-ring (bicyclic) bond motifs is 1. The lowest BCUT2D eigenvalue weighted by Crippen LogP contribution is -2.39. The van der Waals surface area contributed by atoms with Gasteiger partial charge in [0.2, 0.25) is 5.91 Å². The highest BCUT2D eigenvalue weighted by molar-refractivity contribution is 7.99. The molecule has 0 spiro atoms. The Balaban J connectivity index is 1.45. The molecule has 2 aromatic carbocycles. The summed E-state index contributed by atoms with van der Waals surface area (Å²) < 4.78 is 39.2. The second-order valence-electron chi connectivity index (χ2n) is 8.00. The average molecular weight is 490 g/mol. The first-order valence-electron chi connectivity index (χ1n) is 10.8. The second kappa shape index (κ2) is 10.0. The second-order valence-corrected chi connectivity index (χ2v) is 10.6. The lowest BCUT2D eigenvalue weighted by atomic mass is 9.94. The van der Waals surface area contributed by atoms with Crippen LogP contribution in [0, 0.1) is 0 Å². The van der Waals surface area contributed by atoms with Crippen LogP contribution in [0.1, 0.15) is 32.1 Å². The van der Waals surface area contributed by atoms with E-state index in [1.807, 2.05) is 11.9 Å². The van der Waals surface area contributed by atoms with Crippen molar-refractivity contribution >= 4 is 44.5 Å². The van der Waals surface area contributed by atoms with E-state index in [9.17, 15) is 13.2 Å². The SMILES string of the molecule is COc1ccccc1NS(=O)(=O)c1ccc2oc(SCC(=O)N(C)C3CCCCC3)nc2c1. The smallest absolute Gasteiger partial charge is 0.262 e. The largest absolute Gasteiger partial charge is 0.495 e. The Morgan fingerprint density at radius 3 is 2.73 bits per heavy atom. The molecule has 3 aromatic rings. The number of para-hydroxylation sites is 2. The minimum absolute atomic E-state index is 0.0402. The van der Waals surface area contributed by atoms with Gasteiger partial charge in [-0.25, -0.2) is 13.4 Å². The van der Waals surface area contributed by atoms with Crippen molar-refractivity contribution in [1.29, 1.82) is 0 Å². The Kier molecular flexibility index (Phi) is 7.14. The van der Waals surface area contributed by atoms with Gasteiger partial charge >= 0.3 is 0 Å². The summed E-state index contributed by atoms with van der Waals surface area (Å²) in [6.45, 7) is 0. The van der Waals surface area contributed by atoms with Crippen LogP contribution in [-0.2, 0) is 14.8 Å². The zero-order valence-corrected chi connectivity index (χ0v) is 20.2. The third kappa shape index (κ3) is 5.44. The first-order valence-corrected chi connectivity index (χ1v) is 13.3. The number of sulfonamides is 1. The molecule has 0 atom stereocenters. The number of thioether (sulfide) groups is 1. The number of rotatable bonds is 8. The van der Waals surface area contributed by atoms with Crippen LogP contribution in [-0.4, -0.2) is 50.2 Å². The van der Waals surface area contributed by atoms with Crippen LogP contribution in [0.25, 0.3) is 11.1 Å². The Morgan fingerprint density at radius 2 is 1.97 bits per heavy atom. The minimum Gasteiger partial charge on any atom is -0.495 e. The molecule has 1 aromatic heterocycles. The first-order chi connectivity index (χ1) is 15.9. The molecule has 0 unspecified atom stereocenters. The fraction of sp³-hybridized carbons (Fsp3) is 0.391. The van der Waals surface area contributed by atoms with Crippen LogP contribution in [0.15, 0.2) is 57.0 Å². The van der Waals surface area contributed by atoms with E-state index in [-0.39, 0.29) is 16.6 Å². The topological polar surface area (TPSA) is 102 Å². The van der Waals surface area contributed by atoms with Crippen molar-refractivity contribution in [3.63, 3.8) is 0 Å². The molecule has 33 heavy (non-hydrogen) atoms. The van der Waals surface area contributed by atoms with E-state index in [2.05, 4.69) is 9.71 Å². The normalized spacial score (nSPS) is 14.8. The van der Waals surface area contributed by atoms with Crippen molar-refractivity contribution in [3.05, 3.63) is 42.5 Å². The first kappa shape index (κ1) is 23.4. The monoisotopic (exact) mass is 489 g/mol. The van der Waals surface area contributed by atoms with E-state index in [1.54, 1.807) is 30.3 Å². The van der Waals surface area contributed by atoms with Gasteiger partial charge in [-0.05, 0) is 43.2 Å². The number of oxazole rings is 1. The van der Waals surface area contributed by atoms with Gasteiger partial charge in [0.15, 0.2) is 5.58 Å². The third-order valence-electron chi connectivity index (χ3n) is 5.84. The molecule has 1 fully saturated rings. The lowest BCUT2D eigenvalue weighted by Gasteiger charge is -2.31. The van der Waals surface area contributed by atoms with Gasteiger partial charge in [-0.15, -0.1) is 0 Å². The highest BCUT2D eigenvalue weighted by Crippen LogP contribution is 2.29. The number of hydrogen-bond donors (Lipinski definition) is 1. The zero-order chi connectivity index (χ0) is 23.4. The summed E-state index contributed by atoms with van der Waals surface area (Å²) >= 11 is 1.22. The van der Waals surface area contributed by atoms with Gasteiger partial charge in [-0.2, -0.15) is 0 Å². The van der Waals surface area contributed by atoms with Gasteiger partial charge in [0.05, 0.1) is 23.4 Å². The van der Waals surface area contributed by atoms with E-state index in [1.165, 1.54) is 37.4 Å². The Hall–Kier alpha value is -2.72. The van der Waals surface area contributed by atoms with E-state index in [0.29, 0.717) is 33.8 Å². The maximum Gasteiger partial charge on any atom is 0.262 e. The van der Waals surface area contributed by atoms with E-state index < -0.39 is 10.0 Å². The quantitative estimate of drug-likeness (QED) is 0.464. The maximum absolute atomic E-state index is 12.9. The molecule has 0 bridgehead atoms. The molecule has 4 rings (SSSR count). The number of carbonyl (C=O) groups is 1. The van der Waals surface area contributed by atoms with Gasteiger partial charge in [-0.3, -0.25) is 9.52 Å². The van der Waals surface area contributed by atoms with Gasteiger partial charge in [0, 0.05) is 13.1 Å². The van der Waals surface area contributed by atoms with E-state index in [0.717, 1.165) is 25.7 Å². The average Bonchev–Trinajstić information content (AvgIpc) is 3.25. The summed E-state index contributed by atoms with van der Waals surface area (Å²) in [7, 11) is -0.521. The van der Waals surface area contributed by atoms with Crippen LogP contribution >= 0.6 is 11.8 Å². The summed E-state index contributed by atoms with van der Waals surface area (Å²) in [4.78, 5) is 18.9. The number of benzene rings is 2. The van der Waals surface area contributed by atoms with Crippen molar-refractivity contribution in [1.82, 2.24) is 9.88 Å². The molecule has 1 N–H and O–H groups in total.